The number of carbonyl (C=O) groups excluding carboxylic acids is 1. The predicted octanol–water partition coefficient (Wildman–Crippen LogP) is 1.49. The van der Waals surface area contributed by atoms with Crippen LogP contribution in [0.1, 0.15) is 16.9 Å². The zero-order valence-corrected chi connectivity index (χ0v) is 11.3. The molecule has 0 amide bonds. The number of hydrogen-bond acceptors (Lipinski definition) is 4. The van der Waals surface area contributed by atoms with Crippen molar-refractivity contribution in [2.45, 2.75) is 6.42 Å². The van der Waals surface area contributed by atoms with Gasteiger partial charge in [0.15, 0.2) is 5.78 Å². The number of para-hydroxylation sites is 1. The summed E-state index contributed by atoms with van der Waals surface area (Å²) in [6.45, 7) is 0. The van der Waals surface area contributed by atoms with Crippen molar-refractivity contribution in [1.82, 2.24) is 9.78 Å². The summed E-state index contributed by atoms with van der Waals surface area (Å²) in [6, 6.07) is 11.0. The van der Waals surface area contributed by atoms with E-state index in [0.29, 0.717) is 0 Å². The van der Waals surface area contributed by atoms with Crippen LogP contribution in [-0.2, 0) is 9.84 Å². The highest BCUT2D eigenvalue weighted by Gasteiger charge is 2.13. The Morgan fingerprint density at radius 3 is 2.53 bits per heavy atom. The maximum Gasteiger partial charge on any atom is 0.184 e. The quantitative estimate of drug-likeness (QED) is 0.777. The van der Waals surface area contributed by atoms with Crippen molar-refractivity contribution in [1.29, 1.82) is 0 Å². The lowest BCUT2D eigenvalue weighted by Gasteiger charge is -2.00. The third kappa shape index (κ3) is 3.75. The molecule has 100 valence electrons. The first-order valence-corrected chi connectivity index (χ1v) is 7.84. The minimum atomic E-state index is -3.13. The average molecular weight is 278 g/mol. The van der Waals surface area contributed by atoms with E-state index in [1.165, 1.54) is 0 Å². The molecule has 0 saturated heterocycles. The van der Waals surface area contributed by atoms with Crippen LogP contribution >= 0.6 is 0 Å². The lowest BCUT2D eigenvalue weighted by Crippen LogP contribution is -2.10. The van der Waals surface area contributed by atoms with Crippen LogP contribution in [0.15, 0.2) is 42.6 Å². The largest absolute Gasteiger partial charge is 0.292 e. The highest BCUT2D eigenvalue weighted by molar-refractivity contribution is 7.90. The number of aromatic nitrogens is 2. The van der Waals surface area contributed by atoms with Gasteiger partial charge in [-0.1, -0.05) is 18.2 Å². The Bertz CT molecular complexity index is 675. The number of rotatable bonds is 5. The number of nitrogens with zero attached hydrogens (tertiary/aromatic N) is 2. The maximum absolute atomic E-state index is 11.8. The van der Waals surface area contributed by atoms with Gasteiger partial charge in [0.1, 0.15) is 15.5 Å². The molecule has 1 aromatic heterocycles. The molecule has 0 aliphatic heterocycles. The molecule has 0 atom stereocenters. The van der Waals surface area contributed by atoms with Crippen molar-refractivity contribution in [3.05, 3.63) is 48.3 Å². The zero-order valence-electron chi connectivity index (χ0n) is 10.5. The van der Waals surface area contributed by atoms with E-state index in [2.05, 4.69) is 5.10 Å². The number of hydrogen-bond donors (Lipinski definition) is 0. The lowest BCUT2D eigenvalue weighted by molar-refractivity contribution is 0.0983. The molecule has 0 bridgehead atoms. The molecule has 0 unspecified atom stereocenters. The molecule has 19 heavy (non-hydrogen) atoms. The molecule has 0 N–H and O–H groups in total. The molecule has 2 aromatic rings. The molecule has 0 aliphatic carbocycles. The predicted molar refractivity (Wildman–Crippen MR) is 72.2 cm³/mol. The molecule has 0 aliphatic rings. The van der Waals surface area contributed by atoms with Crippen LogP contribution in [0.3, 0.4) is 0 Å². The van der Waals surface area contributed by atoms with Crippen LogP contribution < -0.4 is 0 Å². The second-order valence-corrected chi connectivity index (χ2v) is 6.54. The zero-order chi connectivity index (χ0) is 13.9. The molecular weight excluding hydrogens is 264 g/mol. The van der Waals surface area contributed by atoms with E-state index < -0.39 is 9.84 Å². The molecule has 5 nitrogen and oxygen atoms in total. The summed E-state index contributed by atoms with van der Waals surface area (Å²) in [7, 11) is -3.13. The molecule has 2 rings (SSSR count). The monoisotopic (exact) mass is 278 g/mol. The SMILES string of the molecule is CS(=O)(=O)CCC(=O)c1ccn(-c2ccccc2)n1. The van der Waals surface area contributed by atoms with Crippen LogP contribution in [0, 0.1) is 0 Å². The van der Waals surface area contributed by atoms with Gasteiger partial charge < -0.3 is 0 Å². The van der Waals surface area contributed by atoms with E-state index in [-0.39, 0.29) is 23.7 Å². The van der Waals surface area contributed by atoms with Crippen molar-refractivity contribution >= 4 is 15.6 Å². The van der Waals surface area contributed by atoms with Gasteiger partial charge in [0.2, 0.25) is 0 Å². The Balaban J connectivity index is 2.11. The van der Waals surface area contributed by atoms with Crippen LogP contribution in [0.25, 0.3) is 5.69 Å². The second kappa shape index (κ2) is 5.36. The van der Waals surface area contributed by atoms with Gasteiger partial charge in [-0.05, 0) is 18.2 Å². The standard InChI is InChI=1S/C13H14N2O3S/c1-19(17,18)10-8-13(16)12-7-9-15(14-12)11-5-3-2-4-6-11/h2-7,9H,8,10H2,1H3. The van der Waals surface area contributed by atoms with Gasteiger partial charge in [-0.25, -0.2) is 13.1 Å². The fourth-order valence-electron chi connectivity index (χ4n) is 1.60. The number of sulfone groups is 1. The van der Waals surface area contributed by atoms with Crippen molar-refractivity contribution in [3.8, 4) is 5.69 Å². The Labute approximate surface area is 111 Å². The topological polar surface area (TPSA) is 69.0 Å². The Kier molecular flexibility index (Phi) is 3.80. The number of ketones is 1. The van der Waals surface area contributed by atoms with Crippen molar-refractivity contribution < 1.29 is 13.2 Å². The van der Waals surface area contributed by atoms with Crippen LogP contribution in [0.5, 0.6) is 0 Å². The summed E-state index contributed by atoms with van der Waals surface area (Å²) in [5, 5.41) is 4.15. The highest BCUT2D eigenvalue weighted by atomic mass is 32.2. The van der Waals surface area contributed by atoms with Crippen LogP contribution in [-0.4, -0.2) is 36.0 Å². The first-order chi connectivity index (χ1) is 8.96. The Morgan fingerprint density at radius 2 is 1.89 bits per heavy atom. The van der Waals surface area contributed by atoms with Gasteiger partial charge in [0.25, 0.3) is 0 Å². The molecule has 0 radical (unpaired) electrons. The average Bonchev–Trinajstić information content (AvgIpc) is 2.86. The van der Waals surface area contributed by atoms with Gasteiger partial charge in [-0.15, -0.1) is 0 Å². The van der Waals surface area contributed by atoms with Crippen molar-refractivity contribution in [2.75, 3.05) is 12.0 Å². The maximum atomic E-state index is 11.8. The Morgan fingerprint density at radius 1 is 1.21 bits per heavy atom. The normalized spacial score (nSPS) is 11.4. The fourth-order valence-corrected chi connectivity index (χ4v) is 2.16. The Hall–Kier alpha value is -1.95. The van der Waals surface area contributed by atoms with E-state index in [9.17, 15) is 13.2 Å². The smallest absolute Gasteiger partial charge is 0.184 e. The molecule has 0 saturated carbocycles. The van der Waals surface area contributed by atoms with E-state index >= 15 is 0 Å². The van der Waals surface area contributed by atoms with Crippen LogP contribution in [0.4, 0.5) is 0 Å². The third-order valence-corrected chi connectivity index (χ3v) is 3.54. The molecule has 0 fully saturated rings. The second-order valence-electron chi connectivity index (χ2n) is 4.28. The van der Waals surface area contributed by atoms with Gasteiger partial charge in [0, 0.05) is 18.9 Å². The number of benzene rings is 1. The van der Waals surface area contributed by atoms with Gasteiger partial charge in [0.05, 0.1) is 11.4 Å². The van der Waals surface area contributed by atoms with Gasteiger partial charge >= 0.3 is 0 Å². The molecule has 0 spiro atoms. The lowest BCUT2D eigenvalue weighted by atomic mass is 10.2. The summed E-state index contributed by atoms with van der Waals surface area (Å²) in [5.41, 5.74) is 1.14. The van der Waals surface area contributed by atoms with E-state index in [1.807, 2.05) is 30.3 Å². The minimum Gasteiger partial charge on any atom is -0.292 e. The summed E-state index contributed by atoms with van der Waals surface area (Å²) in [5.74, 6) is -0.413. The summed E-state index contributed by atoms with van der Waals surface area (Å²) in [6.07, 6.45) is 2.76. The molecule has 6 heteroatoms. The number of Topliss-reactive ketones (excluding diaryl/α,β-unsaturated/α-hetero) is 1. The van der Waals surface area contributed by atoms with Crippen molar-refractivity contribution in [3.63, 3.8) is 0 Å². The van der Waals surface area contributed by atoms with E-state index in [4.69, 9.17) is 0 Å². The first-order valence-electron chi connectivity index (χ1n) is 5.78. The summed E-state index contributed by atoms with van der Waals surface area (Å²) >= 11 is 0. The molecule has 1 heterocycles. The highest BCUT2D eigenvalue weighted by Crippen LogP contribution is 2.08. The van der Waals surface area contributed by atoms with E-state index in [1.54, 1.807) is 16.9 Å². The fraction of sp³-hybridized carbons (Fsp3) is 0.231. The van der Waals surface area contributed by atoms with Gasteiger partial charge in [-0.2, -0.15) is 5.10 Å². The molecule has 1 aromatic carbocycles. The minimum absolute atomic E-state index is 0.0371. The van der Waals surface area contributed by atoms with Gasteiger partial charge in [-0.3, -0.25) is 4.79 Å². The number of carbonyl (C=O) groups is 1. The summed E-state index contributed by atoms with van der Waals surface area (Å²) in [4.78, 5) is 11.8. The van der Waals surface area contributed by atoms with Crippen LogP contribution in [0.2, 0.25) is 0 Å². The first kappa shape index (κ1) is 13.5. The third-order valence-electron chi connectivity index (χ3n) is 2.60. The molecular formula is C13H14N2O3S. The van der Waals surface area contributed by atoms with E-state index in [0.717, 1.165) is 11.9 Å². The van der Waals surface area contributed by atoms with Crippen molar-refractivity contribution in [2.24, 2.45) is 0 Å². The summed E-state index contributed by atoms with van der Waals surface area (Å²) < 4.78 is 23.6.